The number of nitrogens with zero attached hydrogens (tertiary/aromatic N) is 2. The maximum atomic E-state index is 13.2. The second-order valence-corrected chi connectivity index (χ2v) is 6.32. The number of hydrogen-bond acceptors (Lipinski definition) is 4. The third-order valence-corrected chi connectivity index (χ3v) is 4.52. The van der Waals surface area contributed by atoms with Gasteiger partial charge in [0, 0.05) is 19.0 Å². The topological polar surface area (TPSA) is 39.1 Å². The predicted molar refractivity (Wildman–Crippen MR) is 84.4 cm³/mol. The highest BCUT2D eigenvalue weighted by atomic mass is 32.1. The fourth-order valence-corrected chi connectivity index (χ4v) is 3.10. The zero-order chi connectivity index (χ0) is 18.8. The Kier molecular flexibility index (Phi) is 5.65. The SMILES string of the molecule is C=CC(F)(F)CN[C@@H](OC)c1ccc(-c2cc(C(F)(F)F)n(C)n2)s1. The van der Waals surface area contributed by atoms with E-state index in [4.69, 9.17) is 4.74 Å². The smallest absolute Gasteiger partial charge is 0.361 e. The van der Waals surface area contributed by atoms with Gasteiger partial charge in [-0.15, -0.1) is 11.3 Å². The number of ether oxygens (including phenoxy) is 1. The Morgan fingerprint density at radius 3 is 2.56 bits per heavy atom. The standard InChI is InChI=1S/C15H16F5N3OS/c1-4-14(16,17)8-21-13(24-3)11-6-5-10(25-11)9-7-12(15(18,19)20)23(2)22-9/h4-7,13,21H,1,8H2,2-3H3/t13-/m0/s1. The Labute approximate surface area is 144 Å². The van der Waals surface area contributed by atoms with Gasteiger partial charge in [0.05, 0.1) is 11.4 Å². The van der Waals surface area contributed by atoms with E-state index in [0.717, 1.165) is 22.1 Å². The van der Waals surface area contributed by atoms with Crippen molar-refractivity contribution >= 4 is 11.3 Å². The van der Waals surface area contributed by atoms with Gasteiger partial charge in [-0.1, -0.05) is 6.58 Å². The summed E-state index contributed by atoms with van der Waals surface area (Å²) < 4.78 is 70.9. The first-order chi connectivity index (χ1) is 11.6. The molecule has 25 heavy (non-hydrogen) atoms. The zero-order valence-corrected chi connectivity index (χ0v) is 14.2. The van der Waals surface area contributed by atoms with Crippen LogP contribution in [0.3, 0.4) is 0 Å². The highest BCUT2D eigenvalue weighted by Gasteiger charge is 2.35. The molecule has 10 heteroatoms. The van der Waals surface area contributed by atoms with E-state index in [0.29, 0.717) is 15.8 Å². The molecule has 0 spiro atoms. The summed E-state index contributed by atoms with van der Waals surface area (Å²) >= 11 is 1.11. The third kappa shape index (κ3) is 4.65. The van der Waals surface area contributed by atoms with E-state index >= 15 is 0 Å². The van der Waals surface area contributed by atoms with Gasteiger partial charge in [0.1, 0.15) is 17.6 Å². The van der Waals surface area contributed by atoms with Crippen LogP contribution in [0.2, 0.25) is 0 Å². The van der Waals surface area contributed by atoms with Crippen molar-refractivity contribution in [3.8, 4) is 10.6 Å². The van der Waals surface area contributed by atoms with Crippen molar-refractivity contribution in [2.75, 3.05) is 13.7 Å². The number of methoxy groups -OCH3 is 1. The quantitative estimate of drug-likeness (QED) is 0.443. The van der Waals surface area contributed by atoms with Crippen LogP contribution in [0.4, 0.5) is 22.0 Å². The predicted octanol–water partition coefficient (Wildman–Crippen LogP) is 4.22. The minimum atomic E-state index is -4.51. The molecule has 2 heterocycles. The highest BCUT2D eigenvalue weighted by Crippen LogP contribution is 2.35. The number of thiophene rings is 1. The van der Waals surface area contributed by atoms with Crippen molar-refractivity contribution in [1.29, 1.82) is 0 Å². The van der Waals surface area contributed by atoms with Crippen LogP contribution in [0, 0.1) is 0 Å². The van der Waals surface area contributed by atoms with Crippen molar-refractivity contribution in [3.63, 3.8) is 0 Å². The van der Waals surface area contributed by atoms with Crippen LogP contribution in [0.25, 0.3) is 10.6 Å². The summed E-state index contributed by atoms with van der Waals surface area (Å²) in [4.78, 5) is 1.01. The first-order valence-electron chi connectivity index (χ1n) is 7.06. The highest BCUT2D eigenvalue weighted by molar-refractivity contribution is 7.15. The number of nitrogens with one attached hydrogen (secondary N) is 1. The molecule has 0 radical (unpaired) electrons. The zero-order valence-electron chi connectivity index (χ0n) is 13.4. The van der Waals surface area contributed by atoms with E-state index in [1.165, 1.54) is 14.2 Å². The van der Waals surface area contributed by atoms with E-state index in [2.05, 4.69) is 17.0 Å². The van der Waals surface area contributed by atoms with E-state index in [1.807, 2.05) is 0 Å². The maximum absolute atomic E-state index is 13.2. The fraction of sp³-hybridized carbons (Fsp3) is 0.400. The van der Waals surface area contributed by atoms with E-state index in [1.54, 1.807) is 12.1 Å². The molecule has 2 aromatic heterocycles. The second kappa shape index (κ2) is 7.22. The molecule has 0 aliphatic carbocycles. The molecule has 0 saturated carbocycles. The van der Waals surface area contributed by atoms with Crippen LogP contribution < -0.4 is 5.32 Å². The summed E-state index contributed by atoms with van der Waals surface area (Å²) in [6.07, 6.45) is -4.80. The molecule has 0 amide bonds. The minimum absolute atomic E-state index is 0.150. The molecular formula is C15H16F5N3OS. The molecule has 0 saturated heterocycles. The fourth-order valence-electron chi connectivity index (χ4n) is 2.09. The van der Waals surface area contributed by atoms with Gasteiger partial charge in [0.2, 0.25) is 0 Å². The second-order valence-electron chi connectivity index (χ2n) is 5.20. The summed E-state index contributed by atoms with van der Waals surface area (Å²) in [6, 6.07) is 4.10. The largest absolute Gasteiger partial charge is 0.433 e. The van der Waals surface area contributed by atoms with E-state index < -0.39 is 30.6 Å². The lowest BCUT2D eigenvalue weighted by molar-refractivity contribution is -0.143. The molecule has 4 nitrogen and oxygen atoms in total. The van der Waals surface area contributed by atoms with Crippen molar-refractivity contribution in [1.82, 2.24) is 15.1 Å². The molecule has 2 rings (SSSR count). The summed E-state index contributed by atoms with van der Waals surface area (Å²) in [5, 5.41) is 6.40. The number of halogens is 5. The average Bonchev–Trinajstić information content (AvgIpc) is 3.14. The third-order valence-electron chi connectivity index (χ3n) is 3.37. The molecule has 0 aliphatic heterocycles. The van der Waals surface area contributed by atoms with Crippen LogP contribution in [0.5, 0.6) is 0 Å². The van der Waals surface area contributed by atoms with E-state index in [9.17, 15) is 22.0 Å². The van der Waals surface area contributed by atoms with E-state index in [-0.39, 0.29) is 5.69 Å². The van der Waals surface area contributed by atoms with Crippen molar-refractivity contribution < 1.29 is 26.7 Å². The van der Waals surface area contributed by atoms with Gasteiger partial charge < -0.3 is 4.74 Å². The Morgan fingerprint density at radius 1 is 1.36 bits per heavy atom. The number of aromatic nitrogens is 2. The summed E-state index contributed by atoms with van der Waals surface area (Å²) in [7, 11) is 2.54. The molecular weight excluding hydrogens is 365 g/mol. The van der Waals surface area contributed by atoms with Crippen molar-refractivity contribution in [2.45, 2.75) is 18.3 Å². The van der Waals surface area contributed by atoms with Crippen molar-refractivity contribution in [3.05, 3.63) is 41.4 Å². The molecule has 2 aromatic rings. The van der Waals surface area contributed by atoms with Gasteiger partial charge in [0.15, 0.2) is 0 Å². The minimum Gasteiger partial charge on any atom is -0.361 e. The maximum Gasteiger partial charge on any atom is 0.433 e. The molecule has 1 N–H and O–H groups in total. The van der Waals surface area contributed by atoms with Crippen molar-refractivity contribution in [2.24, 2.45) is 7.05 Å². The normalized spacial score (nSPS) is 13.9. The molecule has 0 unspecified atom stereocenters. The van der Waals surface area contributed by atoms with Crippen LogP contribution >= 0.6 is 11.3 Å². The molecule has 138 valence electrons. The Balaban J connectivity index is 2.20. The van der Waals surface area contributed by atoms with Crippen LogP contribution in [0.15, 0.2) is 30.9 Å². The lowest BCUT2D eigenvalue weighted by Gasteiger charge is -2.19. The molecule has 0 aromatic carbocycles. The number of hydrogen-bond donors (Lipinski definition) is 1. The summed E-state index contributed by atoms with van der Waals surface area (Å²) in [5.74, 6) is -3.10. The summed E-state index contributed by atoms with van der Waals surface area (Å²) in [6.45, 7) is 2.38. The number of aryl methyl sites for hydroxylation is 1. The van der Waals surface area contributed by atoms with Gasteiger partial charge in [-0.2, -0.15) is 18.3 Å². The number of alkyl halides is 5. The monoisotopic (exact) mass is 381 g/mol. The molecule has 1 atom stereocenters. The lowest BCUT2D eigenvalue weighted by atomic mass is 10.3. The van der Waals surface area contributed by atoms with Crippen LogP contribution in [0.1, 0.15) is 16.8 Å². The molecule has 0 bridgehead atoms. The van der Waals surface area contributed by atoms with Crippen LogP contribution in [-0.4, -0.2) is 29.4 Å². The van der Waals surface area contributed by atoms with Gasteiger partial charge in [0.25, 0.3) is 5.92 Å². The van der Waals surface area contributed by atoms with Gasteiger partial charge in [-0.05, 0) is 24.3 Å². The van der Waals surface area contributed by atoms with Crippen LogP contribution in [-0.2, 0) is 18.0 Å². The Morgan fingerprint density at radius 2 is 2.04 bits per heavy atom. The lowest BCUT2D eigenvalue weighted by Crippen LogP contribution is -2.34. The number of rotatable bonds is 7. The molecule has 0 fully saturated rings. The molecule has 0 aliphatic rings. The average molecular weight is 381 g/mol. The first kappa shape index (κ1) is 19.5. The Hall–Kier alpha value is -1.78. The van der Waals surface area contributed by atoms with Gasteiger partial charge in [-0.3, -0.25) is 10.00 Å². The van der Waals surface area contributed by atoms with Gasteiger partial charge >= 0.3 is 6.18 Å². The summed E-state index contributed by atoms with van der Waals surface area (Å²) in [5.41, 5.74) is -0.721. The first-order valence-corrected chi connectivity index (χ1v) is 7.88. The van der Waals surface area contributed by atoms with Gasteiger partial charge in [-0.25, -0.2) is 8.78 Å². The Bertz CT molecular complexity index is 738.